The zero-order valence-electron chi connectivity index (χ0n) is 9.47. The summed E-state index contributed by atoms with van der Waals surface area (Å²) in [4.78, 5) is 6.62. The highest BCUT2D eigenvalue weighted by atomic mass is 16.3. The molecule has 0 saturated carbocycles. The highest BCUT2D eigenvalue weighted by molar-refractivity contribution is 5.54. The molecule has 3 rings (SSSR count). The van der Waals surface area contributed by atoms with E-state index in [4.69, 9.17) is 10.2 Å². The molecule has 1 aliphatic rings. The lowest BCUT2D eigenvalue weighted by Crippen LogP contribution is -2.40. The molecule has 1 saturated heterocycles. The molecule has 0 aliphatic carbocycles. The van der Waals surface area contributed by atoms with E-state index in [1.165, 1.54) is 0 Å². The van der Waals surface area contributed by atoms with E-state index < -0.39 is 0 Å². The standard InChI is InChI=1S/C11H15N5O/c12-9-1-4-16(5-2-9)11-13-10(14-15-11)8-3-6-17-7-8/h3,6-7,9H,1-2,4-5,12H2,(H,13,14,15). The van der Waals surface area contributed by atoms with Gasteiger partial charge >= 0.3 is 0 Å². The van der Waals surface area contributed by atoms with Crippen molar-refractivity contribution in [2.45, 2.75) is 18.9 Å². The molecule has 0 radical (unpaired) electrons. The fourth-order valence-corrected chi connectivity index (χ4v) is 2.02. The Morgan fingerprint density at radius 1 is 1.41 bits per heavy atom. The molecule has 17 heavy (non-hydrogen) atoms. The van der Waals surface area contributed by atoms with Crippen LogP contribution in [0.4, 0.5) is 5.95 Å². The largest absolute Gasteiger partial charge is 0.472 e. The molecule has 1 fully saturated rings. The summed E-state index contributed by atoms with van der Waals surface area (Å²) < 4.78 is 5.02. The molecule has 0 spiro atoms. The van der Waals surface area contributed by atoms with Gasteiger partial charge in [0.25, 0.3) is 0 Å². The number of aromatic amines is 1. The second-order valence-corrected chi connectivity index (χ2v) is 4.32. The Labute approximate surface area is 98.8 Å². The van der Waals surface area contributed by atoms with E-state index >= 15 is 0 Å². The SMILES string of the molecule is NC1CCN(c2n[nH]c(-c3ccoc3)n2)CC1. The molecular formula is C11H15N5O. The minimum absolute atomic E-state index is 0.318. The number of anilines is 1. The van der Waals surface area contributed by atoms with Gasteiger partial charge in [0.15, 0.2) is 5.82 Å². The third-order valence-electron chi connectivity index (χ3n) is 3.09. The number of H-pyrrole nitrogens is 1. The third-order valence-corrected chi connectivity index (χ3v) is 3.09. The van der Waals surface area contributed by atoms with Crippen molar-refractivity contribution >= 4 is 5.95 Å². The number of piperidine rings is 1. The Morgan fingerprint density at radius 2 is 2.24 bits per heavy atom. The number of hydrogen-bond donors (Lipinski definition) is 2. The van der Waals surface area contributed by atoms with Crippen molar-refractivity contribution in [1.29, 1.82) is 0 Å². The summed E-state index contributed by atoms with van der Waals surface area (Å²) in [5.74, 6) is 1.48. The van der Waals surface area contributed by atoms with Crippen molar-refractivity contribution in [3.63, 3.8) is 0 Å². The quantitative estimate of drug-likeness (QED) is 0.808. The fourth-order valence-electron chi connectivity index (χ4n) is 2.02. The van der Waals surface area contributed by atoms with Gasteiger partial charge in [-0.15, -0.1) is 5.10 Å². The van der Waals surface area contributed by atoms with E-state index in [1.54, 1.807) is 12.5 Å². The maximum atomic E-state index is 5.87. The average molecular weight is 233 g/mol. The van der Waals surface area contributed by atoms with E-state index in [9.17, 15) is 0 Å². The zero-order chi connectivity index (χ0) is 11.7. The predicted molar refractivity (Wildman–Crippen MR) is 63.5 cm³/mol. The highest BCUT2D eigenvalue weighted by Crippen LogP contribution is 2.20. The van der Waals surface area contributed by atoms with Crippen LogP contribution in [-0.2, 0) is 0 Å². The summed E-state index contributed by atoms with van der Waals surface area (Å²) in [6.07, 6.45) is 5.26. The first-order valence-corrected chi connectivity index (χ1v) is 5.78. The highest BCUT2D eigenvalue weighted by Gasteiger charge is 2.19. The average Bonchev–Trinajstić information content (AvgIpc) is 3.00. The van der Waals surface area contributed by atoms with E-state index in [1.807, 2.05) is 6.07 Å². The lowest BCUT2D eigenvalue weighted by molar-refractivity contribution is 0.496. The second kappa shape index (κ2) is 4.21. The maximum absolute atomic E-state index is 5.87. The second-order valence-electron chi connectivity index (χ2n) is 4.32. The summed E-state index contributed by atoms with van der Waals surface area (Å²) in [5.41, 5.74) is 6.78. The van der Waals surface area contributed by atoms with Gasteiger partial charge in [-0.1, -0.05) is 0 Å². The van der Waals surface area contributed by atoms with Crippen LogP contribution in [0.1, 0.15) is 12.8 Å². The Kier molecular flexibility index (Phi) is 2.56. The molecule has 0 amide bonds. The lowest BCUT2D eigenvalue weighted by Gasteiger charge is -2.28. The Morgan fingerprint density at radius 3 is 2.94 bits per heavy atom. The number of nitrogens with zero attached hydrogens (tertiary/aromatic N) is 3. The molecule has 0 aromatic carbocycles. The van der Waals surface area contributed by atoms with Crippen LogP contribution in [0.25, 0.3) is 11.4 Å². The molecule has 3 heterocycles. The number of nitrogens with one attached hydrogen (secondary N) is 1. The molecular weight excluding hydrogens is 218 g/mol. The van der Waals surface area contributed by atoms with Crippen LogP contribution in [0.3, 0.4) is 0 Å². The monoisotopic (exact) mass is 233 g/mol. The first kappa shape index (κ1) is 10.3. The van der Waals surface area contributed by atoms with Crippen LogP contribution in [0, 0.1) is 0 Å². The first-order chi connectivity index (χ1) is 8.33. The number of rotatable bonds is 2. The van der Waals surface area contributed by atoms with Gasteiger partial charge in [0.2, 0.25) is 5.95 Å². The van der Waals surface area contributed by atoms with Gasteiger partial charge < -0.3 is 15.1 Å². The molecule has 90 valence electrons. The number of nitrogens with two attached hydrogens (primary N) is 1. The van der Waals surface area contributed by atoms with Crippen LogP contribution < -0.4 is 10.6 Å². The summed E-state index contributed by atoms with van der Waals surface area (Å²) in [5, 5.41) is 7.15. The van der Waals surface area contributed by atoms with Gasteiger partial charge in [0, 0.05) is 19.1 Å². The van der Waals surface area contributed by atoms with Crippen molar-refractivity contribution in [1.82, 2.24) is 15.2 Å². The van der Waals surface area contributed by atoms with Gasteiger partial charge in [-0.05, 0) is 18.9 Å². The molecule has 6 nitrogen and oxygen atoms in total. The molecule has 0 bridgehead atoms. The van der Waals surface area contributed by atoms with Crippen LogP contribution in [0.5, 0.6) is 0 Å². The predicted octanol–water partition coefficient (Wildman–Crippen LogP) is 0.992. The molecule has 1 aliphatic heterocycles. The summed E-state index contributed by atoms with van der Waals surface area (Å²) in [7, 11) is 0. The minimum Gasteiger partial charge on any atom is -0.472 e. The molecule has 3 N–H and O–H groups in total. The van der Waals surface area contributed by atoms with Gasteiger partial charge in [0.1, 0.15) is 6.26 Å². The van der Waals surface area contributed by atoms with Crippen LogP contribution in [0.2, 0.25) is 0 Å². The van der Waals surface area contributed by atoms with Crippen molar-refractivity contribution in [2.24, 2.45) is 5.73 Å². The first-order valence-electron chi connectivity index (χ1n) is 5.78. The Balaban J connectivity index is 1.76. The van der Waals surface area contributed by atoms with Crippen molar-refractivity contribution in [3.05, 3.63) is 18.6 Å². The van der Waals surface area contributed by atoms with Crippen molar-refractivity contribution < 1.29 is 4.42 Å². The van der Waals surface area contributed by atoms with Crippen molar-refractivity contribution in [2.75, 3.05) is 18.0 Å². The summed E-state index contributed by atoms with van der Waals surface area (Å²) >= 11 is 0. The van der Waals surface area contributed by atoms with E-state index in [2.05, 4.69) is 20.1 Å². The van der Waals surface area contributed by atoms with Gasteiger partial charge in [-0.3, -0.25) is 5.10 Å². The Hall–Kier alpha value is -1.82. The van der Waals surface area contributed by atoms with Crippen molar-refractivity contribution in [3.8, 4) is 11.4 Å². The number of aromatic nitrogens is 3. The number of hydrogen-bond acceptors (Lipinski definition) is 5. The zero-order valence-corrected chi connectivity index (χ0v) is 9.47. The van der Waals surface area contributed by atoms with E-state index in [0.29, 0.717) is 6.04 Å². The van der Waals surface area contributed by atoms with E-state index in [-0.39, 0.29) is 0 Å². The molecule has 0 atom stereocenters. The van der Waals surface area contributed by atoms with Gasteiger partial charge in [0.05, 0.1) is 11.8 Å². The third kappa shape index (κ3) is 2.03. The molecule has 2 aromatic rings. The molecule has 2 aromatic heterocycles. The van der Waals surface area contributed by atoms with E-state index in [0.717, 1.165) is 43.3 Å². The molecule has 0 unspecified atom stereocenters. The normalized spacial score (nSPS) is 17.6. The van der Waals surface area contributed by atoms with Gasteiger partial charge in [-0.25, -0.2) is 0 Å². The minimum atomic E-state index is 0.318. The van der Waals surface area contributed by atoms with Crippen LogP contribution in [-0.4, -0.2) is 34.3 Å². The smallest absolute Gasteiger partial charge is 0.245 e. The fraction of sp³-hybridized carbons (Fsp3) is 0.455. The summed E-state index contributed by atoms with van der Waals surface area (Å²) in [6.45, 7) is 1.84. The maximum Gasteiger partial charge on any atom is 0.245 e. The topological polar surface area (TPSA) is 84.0 Å². The lowest BCUT2D eigenvalue weighted by atomic mass is 10.1. The summed E-state index contributed by atoms with van der Waals surface area (Å²) in [6, 6.07) is 2.18. The molecule has 6 heteroatoms. The van der Waals surface area contributed by atoms with Crippen LogP contribution in [0.15, 0.2) is 23.0 Å². The van der Waals surface area contributed by atoms with Gasteiger partial charge in [-0.2, -0.15) is 4.98 Å². The van der Waals surface area contributed by atoms with Crippen LogP contribution >= 0.6 is 0 Å². The number of furan rings is 1. The Bertz CT molecular complexity index is 470.